The van der Waals surface area contributed by atoms with Crippen molar-refractivity contribution < 1.29 is 29.8 Å². The van der Waals surface area contributed by atoms with Gasteiger partial charge in [-0.2, -0.15) is 0 Å². The number of hydrogen-bond donors (Lipinski definition) is 0. The molecule has 0 fully saturated rings. The van der Waals surface area contributed by atoms with Crippen LogP contribution in [0.1, 0.15) is 39.5 Å². The fourth-order valence-corrected chi connectivity index (χ4v) is 4.11. The third-order valence-corrected chi connectivity index (χ3v) is 5.49. The van der Waals surface area contributed by atoms with Crippen LogP contribution in [0.3, 0.4) is 0 Å². The van der Waals surface area contributed by atoms with Gasteiger partial charge in [0.15, 0.2) is 0 Å². The van der Waals surface area contributed by atoms with Crippen LogP contribution < -0.4 is 4.90 Å². The summed E-state index contributed by atoms with van der Waals surface area (Å²) in [6.45, 7) is 6.20. The molecule has 0 spiro atoms. The molecule has 2 aromatic carbocycles. The van der Waals surface area contributed by atoms with Crippen molar-refractivity contribution >= 4 is 36.0 Å². The summed E-state index contributed by atoms with van der Waals surface area (Å²) >= 11 is 6.90. The quantitative estimate of drug-likeness (QED) is 0.161. The number of nitrogens with zero attached hydrogens (tertiary/aromatic N) is 2. The number of para-hydroxylation sites is 2. The van der Waals surface area contributed by atoms with Crippen molar-refractivity contribution in [2.45, 2.75) is 39.5 Å². The van der Waals surface area contributed by atoms with E-state index in [2.05, 4.69) is 84.0 Å². The monoisotopic (exact) mass is 512 g/mol. The molecule has 0 saturated heterocycles. The van der Waals surface area contributed by atoms with Crippen molar-refractivity contribution in [2.24, 2.45) is 0 Å². The van der Waals surface area contributed by atoms with E-state index in [1.54, 1.807) is 0 Å². The van der Waals surface area contributed by atoms with E-state index in [1.807, 2.05) is 0 Å². The van der Waals surface area contributed by atoms with Crippen LogP contribution in [0.15, 0.2) is 71.9 Å². The van der Waals surface area contributed by atoms with Crippen LogP contribution in [0.25, 0.3) is 0 Å². The van der Waals surface area contributed by atoms with Crippen LogP contribution in [0.5, 0.6) is 0 Å². The summed E-state index contributed by atoms with van der Waals surface area (Å²) in [6, 6.07) is 21.3. The minimum absolute atomic E-state index is 0.918. The Labute approximate surface area is 195 Å². The van der Waals surface area contributed by atoms with E-state index in [1.165, 1.54) is 35.5 Å². The predicted octanol–water partition coefficient (Wildman–Crippen LogP) is 9.72. The number of halogens is 7. The van der Waals surface area contributed by atoms with Gasteiger partial charge in [0.2, 0.25) is 0 Å². The first kappa shape index (κ1) is 27.2. The average molecular weight is 513 g/mol. The second-order valence-corrected chi connectivity index (χ2v) is 9.83. The SMILES string of the molecule is CC[N+](CC)=C(Cl)C1=C(N(c2ccccc2)c2ccccc2)CCCC1.F[P-](F)(F)(F)(F)F. The molecular formula is C23H28ClF6N2P. The molecule has 2 nitrogen and oxygen atoms in total. The molecule has 0 unspecified atom stereocenters. The second-order valence-electron chi connectivity index (χ2n) is 7.56. The molecule has 3 rings (SSSR count). The third kappa shape index (κ3) is 9.76. The van der Waals surface area contributed by atoms with Crippen LogP contribution in [-0.2, 0) is 0 Å². The number of hydrogen-bond acceptors (Lipinski definition) is 1. The minimum atomic E-state index is -10.7. The van der Waals surface area contributed by atoms with Gasteiger partial charge < -0.3 is 4.90 Å². The van der Waals surface area contributed by atoms with Crippen molar-refractivity contribution in [1.82, 2.24) is 0 Å². The standard InChI is InChI=1S/C23H28ClN2.F6P/c1-3-25(4-2)23(24)21-17-11-12-18-22(21)26(19-13-7-5-8-14-19)20-15-9-6-10-16-20;1-7(2,3,4,5)6/h5-10,13-16H,3-4,11-12,17-18H2,1-2H3;/q+1;-1. The average Bonchev–Trinajstić information content (AvgIpc) is 2.74. The van der Waals surface area contributed by atoms with Gasteiger partial charge in [0, 0.05) is 17.1 Å². The van der Waals surface area contributed by atoms with Crippen LogP contribution in [0.2, 0.25) is 0 Å². The third-order valence-electron chi connectivity index (χ3n) is 5.03. The Hall–Kier alpha value is -2.05. The van der Waals surface area contributed by atoms with Crippen LogP contribution >= 0.6 is 19.4 Å². The number of allylic oxidation sites excluding steroid dienone is 2. The van der Waals surface area contributed by atoms with Crippen molar-refractivity contribution in [3.8, 4) is 0 Å². The molecule has 2 aromatic rings. The van der Waals surface area contributed by atoms with Gasteiger partial charge in [-0.05, 0) is 75.4 Å². The Bertz CT molecular complexity index is 934. The molecule has 1 aliphatic carbocycles. The molecule has 1 aliphatic rings. The molecule has 0 atom stereocenters. The summed E-state index contributed by atoms with van der Waals surface area (Å²) < 4.78 is 61.5. The topological polar surface area (TPSA) is 6.25 Å². The van der Waals surface area contributed by atoms with E-state index >= 15 is 0 Å². The van der Waals surface area contributed by atoms with E-state index in [4.69, 9.17) is 11.6 Å². The normalized spacial score (nSPS) is 16.2. The predicted molar refractivity (Wildman–Crippen MR) is 126 cm³/mol. The zero-order chi connectivity index (χ0) is 24.8. The number of benzene rings is 2. The van der Waals surface area contributed by atoms with Gasteiger partial charge in [-0.1, -0.05) is 36.4 Å². The fraction of sp³-hybridized carbons (Fsp3) is 0.348. The Morgan fingerprint density at radius 3 is 1.58 bits per heavy atom. The van der Waals surface area contributed by atoms with Crippen LogP contribution in [-0.4, -0.2) is 22.8 Å². The zero-order valence-corrected chi connectivity index (χ0v) is 20.2. The maximum absolute atomic E-state index is 10.7. The maximum atomic E-state index is 9.87. The summed E-state index contributed by atoms with van der Waals surface area (Å²) in [5.74, 6) is 0. The first-order valence-corrected chi connectivity index (χ1v) is 13.1. The molecule has 33 heavy (non-hydrogen) atoms. The Balaban J connectivity index is 0.000000479. The Morgan fingerprint density at radius 2 is 1.18 bits per heavy atom. The van der Waals surface area contributed by atoms with Gasteiger partial charge in [-0.15, -0.1) is 0 Å². The van der Waals surface area contributed by atoms with Gasteiger partial charge in [-0.3, -0.25) is 0 Å². The van der Waals surface area contributed by atoms with Crippen LogP contribution in [0, 0.1) is 0 Å². The fourth-order valence-electron chi connectivity index (χ4n) is 3.67. The Kier molecular flexibility index (Phi) is 8.29. The van der Waals surface area contributed by atoms with Gasteiger partial charge in [0.05, 0.1) is 5.57 Å². The Morgan fingerprint density at radius 1 is 0.788 bits per heavy atom. The first-order valence-electron chi connectivity index (χ1n) is 10.7. The van der Waals surface area contributed by atoms with E-state index in [0.717, 1.165) is 31.1 Å². The second kappa shape index (κ2) is 10.1. The van der Waals surface area contributed by atoms with Crippen molar-refractivity contribution in [3.05, 3.63) is 71.9 Å². The molecule has 0 aliphatic heterocycles. The first-order chi connectivity index (χ1) is 15.2. The van der Waals surface area contributed by atoms with E-state index < -0.39 is 7.81 Å². The van der Waals surface area contributed by atoms with Crippen LogP contribution in [0.4, 0.5) is 36.6 Å². The molecule has 0 heterocycles. The summed E-state index contributed by atoms with van der Waals surface area (Å²) in [5.41, 5.74) is 5.02. The molecule has 184 valence electrons. The van der Waals surface area contributed by atoms with E-state index in [9.17, 15) is 25.2 Å². The van der Waals surface area contributed by atoms with Gasteiger partial charge in [0.25, 0.3) is 5.17 Å². The van der Waals surface area contributed by atoms with Crippen molar-refractivity contribution in [2.75, 3.05) is 18.0 Å². The summed E-state index contributed by atoms with van der Waals surface area (Å²) in [6.07, 6.45) is 4.50. The van der Waals surface area contributed by atoms with Crippen molar-refractivity contribution in [3.63, 3.8) is 0 Å². The zero-order valence-electron chi connectivity index (χ0n) is 18.5. The molecular weight excluding hydrogens is 485 g/mol. The molecule has 10 heteroatoms. The van der Waals surface area contributed by atoms with E-state index in [-0.39, 0.29) is 0 Å². The van der Waals surface area contributed by atoms with Gasteiger partial charge >= 0.3 is 33.0 Å². The van der Waals surface area contributed by atoms with E-state index in [0.29, 0.717) is 0 Å². The molecule has 0 amide bonds. The van der Waals surface area contributed by atoms with Gasteiger partial charge in [-0.25, -0.2) is 4.58 Å². The molecule has 0 saturated carbocycles. The molecule has 0 aromatic heterocycles. The molecule has 0 radical (unpaired) electrons. The summed E-state index contributed by atoms with van der Waals surface area (Å²) in [7, 11) is -10.7. The molecule has 0 bridgehead atoms. The molecule has 0 N–H and O–H groups in total. The van der Waals surface area contributed by atoms with Gasteiger partial charge in [0.1, 0.15) is 13.1 Å². The number of rotatable bonds is 6. The summed E-state index contributed by atoms with van der Waals surface area (Å²) in [4.78, 5) is 2.39. The van der Waals surface area contributed by atoms with Crippen molar-refractivity contribution in [1.29, 1.82) is 0 Å². The number of anilines is 2. The summed E-state index contributed by atoms with van der Waals surface area (Å²) in [5, 5.41) is 0.918.